The van der Waals surface area contributed by atoms with Crippen LogP contribution in [0, 0.1) is 22.0 Å². The third-order valence-corrected chi connectivity index (χ3v) is 5.14. The van der Waals surface area contributed by atoms with Crippen molar-refractivity contribution in [1.29, 1.82) is 0 Å². The smallest absolute Gasteiger partial charge is 0.274 e. The van der Waals surface area contributed by atoms with Crippen LogP contribution in [0.2, 0.25) is 0 Å². The fraction of sp³-hybridized carbons (Fsp3) is 0.588. The number of carbonyl (C=O) groups is 1. The first-order chi connectivity index (χ1) is 11.1. The molecule has 0 saturated carbocycles. The molecule has 2 unspecified atom stereocenters. The SMILES string of the molecule is CC(CC(=O)N1CCc2c1cccc2[N+](=O)[O-])C1CCCNC1.Cl. The Kier molecular flexibility index (Phi) is 6.18. The third-order valence-electron chi connectivity index (χ3n) is 5.14. The van der Waals surface area contributed by atoms with E-state index in [9.17, 15) is 14.9 Å². The predicted molar refractivity (Wildman–Crippen MR) is 95.8 cm³/mol. The van der Waals surface area contributed by atoms with Crippen LogP contribution in [0.5, 0.6) is 0 Å². The molecule has 1 saturated heterocycles. The van der Waals surface area contributed by atoms with Gasteiger partial charge >= 0.3 is 0 Å². The van der Waals surface area contributed by atoms with Gasteiger partial charge < -0.3 is 10.2 Å². The van der Waals surface area contributed by atoms with Crippen LogP contribution in [0.15, 0.2) is 18.2 Å². The molecule has 0 bridgehead atoms. The normalized spacial score (nSPS) is 20.9. The van der Waals surface area contributed by atoms with Crippen molar-refractivity contribution in [2.75, 3.05) is 24.5 Å². The first-order valence-corrected chi connectivity index (χ1v) is 8.35. The zero-order valence-electron chi connectivity index (χ0n) is 13.9. The number of carbonyl (C=O) groups excluding carboxylic acids is 1. The first-order valence-electron chi connectivity index (χ1n) is 8.35. The highest BCUT2D eigenvalue weighted by Crippen LogP contribution is 2.35. The summed E-state index contributed by atoms with van der Waals surface area (Å²) in [5, 5.41) is 14.5. The van der Waals surface area contributed by atoms with E-state index in [4.69, 9.17) is 0 Å². The fourth-order valence-corrected chi connectivity index (χ4v) is 3.76. The van der Waals surface area contributed by atoms with Gasteiger partial charge in [-0.2, -0.15) is 0 Å². The maximum atomic E-state index is 12.7. The van der Waals surface area contributed by atoms with Gasteiger partial charge in [-0.05, 0) is 50.3 Å². The number of hydrogen-bond donors (Lipinski definition) is 1. The summed E-state index contributed by atoms with van der Waals surface area (Å²) in [6, 6.07) is 5.00. The lowest BCUT2D eigenvalue weighted by Gasteiger charge is -2.29. The summed E-state index contributed by atoms with van der Waals surface area (Å²) in [6.07, 6.45) is 3.41. The van der Waals surface area contributed by atoms with Crippen LogP contribution < -0.4 is 10.2 Å². The Balaban J connectivity index is 0.00000208. The molecule has 0 spiro atoms. The number of piperidine rings is 1. The summed E-state index contributed by atoms with van der Waals surface area (Å²) in [7, 11) is 0. The molecular weight excluding hydrogens is 330 g/mol. The van der Waals surface area contributed by atoms with E-state index in [1.165, 1.54) is 18.9 Å². The largest absolute Gasteiger partial charge is 0.316 e. The summed E-state index contributed by atoms with van der Waals surface area (Å²) in [5.74, 6) is 0.959. The minimum atomic E-state index is -0.358. The number of hydrogen-bond acceptors (Lipinski definition) is 4. The second-order valence-electron chi connectivity index (χ2n) is 6.62. The van der Waals surface area contributed by atoms with Crippen LogP contribution in [0.25, 0.3) is 0 Å². The van der Waals surface area contributed by atoms with Crippen molar-refractivity contribution >= 4 is 29.7 Å². The van der Waals surface area contributed by atoms with Crippen molar-refractivity contribution in [2.24, 2.45) is 11.8 Å². The Hall–Kier alpha value is -1.66. The van der Waals surface area contributed by atoms with Gasteiger partial charge in [0.15, 0.2) is 0 Å². The molecule has 0 aliphatic carbocycles. The number of nitrogens with one attached hydrogen (secondary N) is 1. The standard InChI is InChI=1S/C17H23N3O3.ClH/c1-12(13-4-3-8-18-11-13)10-17(21)19-9-7-14-15(19)5-2-6-16(14)20(22)23;/h2,5-6,12-13,18H,3-4,7-11H2,1H3;1H. The number of fused-ring (bicyclic) bond motifs is 1. The van der Waals surface area contributed by atoms with Crippen molar-refractivity contribution in [3.05, 3.63) is 33.9 Å². The molecule has 0 aromatic heterocycles. The highest BCUT2D eigenvalue weighted by molar-refractivity contribution is 5.96. The van der Waals surface area contributed by atoms with E-state index < -0.39 is 0 Å². The summed E-state index contributed by atoms with van der Waals surface area (Å²) >= 11 is 0. The second-order valence-corrected chi connectivity index (χ2v) is 6.62. The number of nitrogens with zero attached hydrogens (tertiary/aromatic N) is 2. The lowest BCUT2D eigenvalue weighted by Crippen LogP contribution is -2.36. The van der Waals surface area contributed by atoms with Gasteiger partial charge in [-0.3, -0.25) is 14.9 Å². The highest BCUT2D eigenvalue weighted by atomic mass is 35.5. The van der Waals surface area contributed by atoms with Crippen LogP contribution in [0.3, 0.4) is 0 Å². The Morgan fingerprint density at radius 1 is 1.50 bits per heavy atom. The summed E-state index contributed by atoms with van der Waals surface area (Å²) in [6.45, 7) is 4.74. The molecule has 2 aliphatic heterocycles. The van der Waals surface area contributed by atoms with E-state index in [2.05, 4.69) is 12.2 Å². The highest BCUT2D eigenvalue weighted by Gasteiger charge is 2.32. The Morgan fingerprint density at radius 2 is 2.29 bits per heavy atom. The van der Waals surface area contributed by atoms with E-state index in [1.54, 1.807) is 11.0 Å². The first kappa shape index (κ1) is 18.7. The molecule has 2 aliphatic rings. The topological polar surface area (TPSA) is 75.5 Å². The summed E-state index contributed by atoms with van der Waals surface area (Å²) in [5.41, 5.74) is 1.54. The number of nitro groups is 1. The van der Waals surface area contributed by atoms with Crippen molar-refractivity contribution < 1.29 is 9.72 Å². The zero-order valence-corrected chi connectivity index (χ0v) is 14.7. The Morgan fingerprint density at radius 3 is 2.96 bits per heavy atom. The second kappa shape index (κ2) is 7.94. The molecule has 1 aromatic rings. The monoisotopic (exact) mass is 353 g/mol. The van der Waals surface area contributed by atoms with Crippen LogP contribution in [-0.2, 0) is 11.2 Å². The van der Waals surface area contributed by atoms with Gasteiger partial charge in [0, 0.05) is 19.0 Å². The lowest BCUT2D eigenvalue weighted by atomic mass is 9.85. The van der Waals surface area contributed by atoms with E-state index >= 15 is 0 Å². The van der Waals surface area contributed by atoms with Gasteiger partial charge in [-0.25, -0.2) is 0 Å². The number of halogens is 1. The number of nitro benzene ring substituents is 1. The molecule has 1 amide bonds. The molecule has 2 heterocycles. The quantitative estimate of drug-likeness (QED) is 0.667. The number of amides is 1. The van der Waals surface area contributed by atoms with Gasteiger partial charge in [-0.1, -0.05) is 13.0 Å². The molecule has 1 aromatic carbocycles. The number of benzene rings is 1. The maximum Gasteiger partial charge on any atom is 0.274 e. The van der Waals surface area contributed by atoms with Gasteiger partial charge in [-0.15, -0.1) is 12.4 Å². The Labute approximate surface area is 148 Å². The van der Waals surface area contributed by atoms with Gasteiger partial charge in [0.1, 0.15) is 0 Å². The van der Waals surface area contributed by atoms with E-state index in [-0.39, 0.29) is 28.9 Å². The molecule has 132 valence electrons. The van der Waals surface area contributed by atoms with Gasteiger partial charge in [0.2, 0.25) is 5.91 Å². The van der Waals surface area contributed by atoms with Crippen molar-refractivity contribution in [2.45, 2.75) is 32.6 Å². The molecule has 6 nitrogen and oxygen atoms in total. The average molecular weight is 354 g/mol. The summed E-state index contributed by atoms with van der Waals surface area (Å²) < 4.78 is 0. The molecule has 1 fully saturated rings. The van der Waals surface area contributed by atoms with E-state index in [0.29, 0.717) is 36.8 Å². The third kappa shape index (κ3) is 3.70. The zero-order chi connectivity index (χ0) is 16.4. The van der Waals surface area contributed by atoms with Gasteiger partial charge in [0.25, 0.3) is 5.69 Å². The molecule has 2 atom stereocenters. The van der Waals surface area contributed by atoms with E-state index in [0.717, 1.165) is 18.8 Å². The minimum absolute atomic E-state index is 0. The number of anilines is 1. The lowest BCUT2D eigenvalue weighted by molar-refractivity contribution is -0.385. The molecular formula is C17H24ClN3O3. The van der Waals surface area contributed by atoms with Crippen molar-refractivity contribution in [3.8, 4) is 0 Å². The number of rotatable bonds is 4. The van der Waals surface area contributed by atoms with Crippen LogP contribution >= 0.6 is 12.4 Å². The minimum Gasteiger partial charge on any atom is -0.316 e. The molecule has 7 heteroatoms. The fourth-order valence-electron chi connectivity index (χ4n) is 3.76. The van der Waals surface area contributed by atoms with Crippen LogP contribution in [0.4, 0.5) is 11.4 Å². The predicted octanol–water partition coefficient (Wildman–Crippen LogP) is 2.93. The average Bonchev–Trinajstić information content (AvgIpc) is 2.99. The summed E-state index contributed by atoms with van der Waals surface area (Å²) in [4.78, 5) is 25.2. The van der Waals surface area contributed by atoms with Gasteiger partial charge in [0.05, 0.1) is 16.2 Å². The van der Waals surface area contributed by atoms with Crippen molar-refractivity contribution in [1.82, 2.24) is 5.32 Å². The maximum absolute atomic E-state index is 12.7. The molecule has 24 heavy (non-hydrogen) atoms. The molecule has 0 radical (unpaired) electrons. The molecule has 1 N–H and O–H groups in total. The van der Waals surface area contributed by atoms with Crippen LogP contribution in [0.1, 0.15) is 31.7 Å². The Bertz CT molecular complexity index is 617. The van der Waals surface area contributed by atoms with Crippen molar-refractivity contribution in [3.63, 3.8) is 0 Å². The van der Waals surface area contributed by atoms with Crippen LogP contribution in [-0.4, -0.2) is 30.5 Å². The van der Waals surface area contributed by atoms with E-state index in [1.807, 2.05) is 6.07 Å². The molecule has 3 rings (SSSR count).